The SMILES string of the molecule is Cc1cccc2nc(CC3CNC3)n(C)c12. The first-order valence-corrected chi connectivity index (χ1v) is 5.87. The molecule has 2 aromatic rings. The van der Waals surface area contributed by atoms with E-state index < -0.39 is 0 Å². The first kappa shape index (κ1) is 9.85. The maximum Gasteiger partial charge on any atom is 0.109 e. The van der Waals surface area contributed by atoms with Gasteiger partial charge in [0.25, 0.3) is 0 Å². The predicted octanol–water partition coefficient (Wildman–Crippen LogP) is 1.64. The monoisotopic (exact) mass is 215 g/mol. The van der Waals surface area contributed by atoms with Crippen molar-refractivity contribution in [3.8, 4) is 0 Å². The second kappa shape index (κ2) is 3.59. The first-order valence-electron chi connectivity index (χ1n) is 5.87. The second-order valence-corrected chi connectivity index (χ2v) is 4.76. The molecule has 0 amide bonds. The zero-order chi connectivity index (χ0) is 11.1. The molecule has 1 aliphatic heterocycles. The summed E-state index contributed by atoms with van der Waals surface area (Å²) in [6.07, 6.45) is 1.09. The van der Waals surface area contributed by atoms with Crippen LogP contribution in [0.15, 0.2) is 18.2 Å². The highest BCUT2D eigenvalue weighted by Crippen LogP contribution is 2.21. The third-order valence-electron chi connectivity index (χ3n) is 3.53. The van der Waals surface area contributed by atoms with Crippen LogP contribution in [-0.2, 0) is 13.5 Å². The summed E-state index contributed by atoms with van der Waals surface area (Å²) in [4.78, 5) is 4.73. The fourth-order valence-electron chi connectivity index (χ4n) is 2.45. The van der Waals surface area contributed by atoms with Gasteiger partial charge in [0.15, 0.2) is 0 Å². The summed E-state index contributed by atoms with van der Waals surface area (Å²) in [5, 5.41) is 3.31. The fraction of sp³-hybridized carbons (Fsp3) is 0.462. The predicted molar refractivity (Wildman–Crippen MR) is 65.5 cm³/mol. The number of para-hydroxylation sites is 1. The molecule has 0 unspecified atom stereocenters. The number of hydrogen-bond acceptors (Lipinski definition) is 2. The first-order chi connectivity index (χ1) is 7.75. The molecule has 1 aromatic heterocycles. The minimum atomic E-state index is 0.774. The fourth-order valence-corrected chi connectivity index (χ4v) is 2.45. The Morgan fingerprint density at radius 3 is 2.88 bits per heavy atom. The highest BCUT2D eigenvalue weighted by Gasteiger charge is 2.20. The van der Waals surface area contributed by atoms with E-state index >= 15 is 0 Å². The lowest BCUT2D eigenvalue weighted by molar-refractivity contribution is 0.339. The van der Waals surface area contributed by atoms with Crippen LogP contribution in [0.3, 0.4) is 0 Å². The molecular formula is C13H17N3. The Balaban J connectivity index is 2.04. The van der Waals surface area contributed by atoms with Crippen molar-refractivity contribution in [2.45, 2.75) is 13.3 Å². The number of nitrogens with zero attached hydrogens (tertiary/aromatic N) is 2. The maximum atomic E-state index is 4.73. The number of hydrogen-bond donors (Lipinski definition) is 1. The Labute approximate surface area is 95.5 Å². The molecule has 1 fully saturated rings. The van der Waals surface area contributed by atoms with Gasteiger partial charge in [-0.15, -0.1) is 0 Å². The summed E-state index contributed by atoms with van der Waals surface area (Å²) in [6, 6.07) is 6.34. The molecule has 0 aliphatic carbocycles. The Morgan fingerprint density at radius 2 is 2.25 bits per heavy atom. The van der Waals surface area contributed by atoms with Crippen LogP contribution in [0.1, 0.15) is 11.4 Å². The Kier molecular flexibility index (Phi) is 2.21. The van der Waals surface area contributed by atoms with E-state index in [0.29, 0.717) is 0 Å². The topological polar surface area (TPSA) is 29.9 Å². The number of fused-ring (bicyclic) bond motifs is 1. The van der Waals surface area contributed by atoms with E-state index in [1.54, 1.807) is 0 Å². The molecule has 0 atom stereocenters. The van der Waals surface area contributed by atoms with E-state index in [-0.39, 0.29) is 0 Å². The van der Waals surface area contributed by atoms with Crippen LogP contribution < -0.4 is 5.32 Å². The van der Waals surface area contributed by atoms with Crippen molar-refractivity contribution in [1.82, 2.24) is 14.9 Å². The van der Waals surface area contributed by atoms with Crippen molar-refractivity contribution < 1.29 is 0 Å². The van der Waals surface area contributed by atoms with Crippen LogP contribution in [0.25, 0.3) is 11.0 Å². The number of aromatic nitrogens is 2. The normalized spacial score (nSPS) is 16.6. The number of imidazole rings is 1. The molecule has 1 N–H and O–H groups in total. The summed E-state index contributed by atoms with van der Waals surface area (Å²) in [5.41, 5.74) is 3.72. The molecule has 3 heteroatoms. The van der Waals surface area contributed by atoms with Gasteiger partial charge in [0.05, 0.1) is 11.0 Å². The molecule has 1 saturated heterocycles. The summed E-state index contributed by atoms with van der Waals surface area (Å²) < 4.78 is 2.25. The van der Waals surface area contributed by atoms with Gasteiger partial charge in [-0.1, -0.05) is 12.1 Å². The Bertz CT molecular complexity index is 523. The molecule has 2 heterocycles. The average Bonchev–Trinajstić information content (AvgIpc) is 2.51. The van der Waals surface area contributed by atoms with Gasteiger partial charge in [0.2, 0.25) is 0 Å². The highest BCUT2D eigenvalue weighted by atomic mass is 15.1. The molecule has 0 bridgehead atoms. The minimum absolute atomic E-state index is 0.774. The van der Waals surface area contributed by atoms with Crippen LogP contribution in [-0.4, -0.2) is 22.6 Å². The Morgan fingerprint density at radius 1 is 1.44 bits per heavy atom. The van der Waals surface area contributed by atoms with Crippen molar-refractivity contribution in [2.75, 3.05) is 13.1 Å². The quantitative estimate of drug-likeness (QED) is 0.825. The third-order valence-corrected chi connectivity index (χ3v) is 3.53. The third kappa shape index (κ3) is 1.43. The van der Waals surface area contributed by atoms with Crippen LogP contribution in [0.2, 0.25) is 0 Å². The van der Waals surface area contributed by atoms with Gasteiger partial charge in [-0.05, 0) is 37.6 Å². The summed E-state index contributed by atoms with van der Waals surface area (Å²) >= 11 is 0. The van der Waals surface area contributed by atoms with Gasteiger partial charge in [-0.2, -0.15) is 0 Å². The van der Waals surface area contributed by atoms with E-state index in [9.17, 15) is 0 Å². The van der Waals surface area contributed by atoms with Crippen molar-refractivity contribution in [2.24, 2.45) is 13.0 Å². The molecule has 84 valence electrons. The van der Waals surface area contributed by atoms with Gasteiger partial charge in [0.1, 0.15) is 5.82 Å². The van der Waals surface area contributed by atoms with E-state index in [2.05, 4.69) is 42.1 Å². The number of aryl methyl sites for hydroxylation is 2. The van der Waals surface area contributed by atoms with Gasteiger partial charge in [-0.25, -0.2) is 4.98 Å². The largest absolute Gasteiger partial charge is 0.331 e. The van der Waals surface area contributed by atoms with Crippen LogP contribution in [0.5, 0.6) is 0 Å². The molecule has 3 nitrogen and oxygen atoms in total. The smallest absolute Gasteiger partial charge is 0.109 e. The second-order valence-electron chi connectivity index (χ2n) is 4.76. The molecule has 0 spiro atoms. The van der Waals surface area contributed by atoms with Crippen LogP contribution in [0.4, 0.5) is 0 Å². The van der Waals surface area contributed by atoms with E-state index in [0.717, 1.165) is 30.9 Å². The maximum absolute atomic E-state index is 4.73. The molecule has 0 saturated carbocycles. The van der Waals surface area contributed by atoms with E-state index in [4.69, 9.17) is 4.98 Å². The van der Waals surface area contributed by atoms with Gasteiger partial charge < -0.3 is 9.88 Å². The minimum Gasteiger partial charge on any atom is -0.331 e. The van der Waals surface area contributed by atoms with Gasteiger partial charge >= 0.3 is 0 Å². The summed E-state index contributed by atoms with van der Waals surface area (Å²) in [7, 11) is 2.13. The van der Waals surface area contributed by atoms with Crippen molar-refractivity contribution >= 4 is 11.0 Å². The number of nitrogens with one attached hydrogen (secondary N) is 1. The number of benzene rings is 1. The summed E-state index contributed by atoms with van der Waals surface area (Å²) in [5.74, 6) is 1.99. The zero-order valence-electron chi connectivity index (χ0n) is 9.83. The molecule has 1 aliphatic rings. The van der Waals surface area contributed by atoms with Crippen molar-refractivity contribution in [1.29, 1.82) is 0 Å². The van der Waals surface area contributed by atoms with Crippen LogP contribution in [0, 0.1) is 12.8 Å². The molecule has 16 heavy (non-hydrogen) atoms. The van der Waals surface area contributed by atoms with Crippen molar-refractivity contribution in [3.05, 3.63) is 29.6 Å². The van der Waals surface area contributed by atoms with Gasteiger partial charge in [-0.3, -0.25) is 0 Å². The molecule has 1 aromatic carbocycles. The lowest BCUT2D eigenvalue weighted by atomic mass is 9.99. The lowest BCUT2D eigenvalue weighted by Crippen LogP contribution is -2.43. The standard InChI is InChI=1S/C13H17N3/c1-9-4-3-5-11-13(9)16(2)12(15-11)6-10-7-14-8-10/h3-5,10,14H,6-8H2,1-2H3. The summed E-state index contributed by atoms with van der Waals surface area (Å²) in [6.45, 7) is 4.43. The van der Waals surface area contributed by atoms with Gasteiger partial charge in [0, 0.05) is 13.5 Å². The Hall–Kier alpha value is -1.35. The van der Waals surface area contributed by atoms with Crippen molar-refractivity contribution in [3.63, 3.8) is 0 Å². The highest BCUT2D eigenvalue weighted by molar-refractivity contribution is 5.79. The van der Waals surface area contributed by atoms with E-state index in [1.807, 2.05) is 0 Å². The molecular weight excluding hydrogens is 198 g/mol. The lowest BCUT2D eigenvalue weighted by Gasteiger charge is -2.26. The van der Waals surface area contributed by atoms with Crippen LogP contribution >= 0.6 is 0 Å². The molecule has 3 rings (SSSR count). The average molecular weight is 215 g/mol. The van der Waals surface area contributed by atoms with E-state index in [1.165, 1.54) is 16.9 Å². The molecule has 0 radical (unpaired) electrons. The zero-order valence-corrected chi connectivity index (χ0v) is 9.83. The number of rotatable bonds is 2.